The number of amides is 1. The summed E-state index contributed by atoms with van der Waals surface area (Å²) in [5.74, 6) is 0.214. The van der Waals surface area contributed by atoms with Crippen molar-refractivity contribution in [1.82, 2.24) is 0 Å². The molecule has 0 aromatic heterocycles. The number of para-hydroxylation sites is 1. The number of carbonyl (C=O) groups excluding carboxylic acids is 1. The van der Waals surface area contributed by atoms with Crippen molar-refractivity contribution in [2.24, 2.45) is 5.14 Å². The van der Waals surface area contributed by atoms with Crippen LogP contribution < -0.4 is 15.2 Å². The van der Waals surface area contributed by atoms with Gasteiger partial charge >= 0.3 is 6.09 Å². The van der Waals surface area contributed by atoms with Gasteiger partial charge in [-0.3, -0.25) is 5.32 Å². The van der Waals surface area contributed by atoms with Crippen molar-refractivity contribution in [3.63, 3.8) is 0 Å². The molecule has 0 saturated heterocycles. The average molecular weight is 292 g/mol. The summed E-state index contributed by atoms with van der Waals surface area (Å²) in [5, 5.41) is 7.49. The fourth-order valence-corrected chi connectivity index (χ4v) is 1.98. The second-order valence-corrected chi connectivity index (χ2v) is 5.46. The van der Waals surface area contributed by atoms with E-state index in [0.717, 1.165) is 0 Å². The molecule has 0 aliphatic heterocycles. The van der Waals surface area contributed by atoms with Crippen molar-refractivity contribution in [1.29, 1.82) is 0 Å². The van der Waals surface area contributed by atoms with E-state index in [2.05, 4.69) is 5.32 Å². The minimum absolute atomic E-state index is 0.0479. The maximum Gasteiger partial charge on any atom is 0.417 e. The summed E-state index contributed by atoms with van der Waals surface area (Å²) >= 11 is 0. The maximum atomic E-state index is 11.6. The van der Waals surface area contributed by atoms with Gasteiger partial charge in [-0.25, -0.2) is 18.4 Å². The van der Waals surface area contributed by atoms with E-state index in [0.29, 0.717) is 5.69 Å². The van der Waals surface area contributed by atoms with Gasteiger partial charge in [0.1, 0.15) is 5.75 Å². The van der Waals surface area contributed by atoms with Gasteiger partial charge in [0.25, 0.3) is 0 Å². The van der Waals surface area contributed by atoms with Gasteiger partial charge in [-0.05, 0) is 36.4 Å². The lowest BCUT2D eigenvalue weighted by Crippen LogP contribution is -2.17. The molecule has 0 aliphatic carbocycles. The fourth-order valence-electron chi connectivity index (χ4n) is 1.47. The average Bonchev–Trinajstić information content (AvgIpc) is 2.39. The second-order valence-electron chi connectivity index (χ2n) is 3.90. The van der Waals surface area contributed by atoms with Crippen molar-refractivity contribution in [3.05, 3.63) is 54.6 Å². The van der Waals surface area contributed by atoms with Crippen molar-refractivity contribution in [2.75, 3.05) is 5.32 Å². The zero-order chi connectivity index (χ0) is 14.6. The Hall–Kier alpha value is -2.38. The van der Waals surface area contributed by atoms with Gasteiger partial charge in [-0.1, -0.05) is 18.2 Å². The van der Waals surface area contributed by atoms with Gasteiger partial charge in [0.05, 0.1) is 4.90 Å². The molecular weight excluding hydrogens is 280 g/mol. The molecule has 0 bridgehead atoms. The highest BCUT2D eigenvalue weighted by molar-refractivity contribution is 7.89. The molecule has 3 N–H and O–H groups in total. The Labute approximate surface area is 116 Å². The van der Waals surface area contributed by atoms with Gasteiger partial charge in [0, 0.05) is 5.69 Å². The zero-order valence-corrected chi connectivity index (χ0v) is 11.1. The molecule has 0 radical (unpaired) electrons. The largest absolute Gasteiger partial charge is 0.417 e. The highest BCUT2D eigenvalue weighted by Crippen LogP contribution is 2.15. The maximum absolute atomic E-state index is 11.6. The lowest BCUT2D eigenvalue weighted by atomic mass is 10.3. The highest BCUT2D eigenvalue weighted by Gasteiger charge is 2.09. The minimum atomic E-state index is -3.75. The van der Waals surface area contributed by atoms with E-state index >= 15 is 0 Å². The summed E-state index contributed by atoms with van der Waals surface area (Å²) in [6.45, 7) is 0. The molecule has 0 atom stereocenters. The minimum Gasteiger partial charge on any atom is -0.410 e. The molecule has 0 saturated carbocycles. The van der Waals surface area contributed by atoms with Crippen LogP contribution in [0.3, 0.4) is 0 Å². The molecule has 0 fully saturated rings. The van der Waals surface area contributed by atoms with Crippen LogP contribution in [-0.2, 0) is 10.0 Å². The van der Waals surface area contributed by atoms with E-state index in [-0.39, 0.29) is 10.6 Å². The van der Waals surface area contributed by atoms with Crippen molar-refractivity contribution < 1.29 is 17.9 Å². The molecule has 1 amide bonds. The topological polar surface area (TPSA) is 98.5 Å². The van der Waals surface area contributed by atoms with Crippen molar-refractivity contribution in [3.8, 4) is 5.75 Å². The third kappa shape index (κ3) is 3.81. The lowest BCUT2D eigenvalue weighted by molar-refractivity contribution is 0.215. The number of sulfonamides is 1. The summed E-state index contributed by atoms with van der Waals surface area (Å²) in [6.07, 6.45) is -0.667. The molecular formula is C13H12N2O4S. The van der Waals surface area contributed by atoms with Crippen LogP contribution in [0.5, 0.6) is 5.75 Å². The van der Waals surface area contributed by atoms with Gasteiger partial charge < -0.3 is 4.74 Å². The number of anilines is 1. The first-order valence-corrected chi connectivity index (χ1v) is 7.16. The standard InChI is InChI=1S/C13H12N2O4S/c14-20(17,18)12-8-6-11(7-9-12)19-13(16)15-10-4-2-1-3-5-10/h1-9H,(H,15,16)(H2,14,17,18). The highest BCUT2D eigenvalue weighted by atomic mass is 32.2. The number of carbonyl (C=O) groups is 1. The number of benzene rings is 2. The first-order chi connectivity index (χ1) is 9.45. The molecule has 0 spiro atoms. The third-order valence-corrected chi connectivity index (χ3v) is 3.31. The van der Waals surface area contributed by atoms with Crippen LogP contribution >= 0.6 is 0 Å². The Morgan fingerprint density at radius 1 is 1.00 bits per heavy atom. The van der Waals surface area contributed by atoms with E-state index in [1.54, 1.807) is 24.3 Å². The van der Waals surface area contributed by atoms with Crippen LogP contribution in [-0.4, -0.2) is 14.5 Å². The Bertz CT molecular complexity index is 697. The monoisotopic (exact) mass is 292 g/mol. The Balaban J connectivity index is 2.02. The molecule has 0 heterocycles. The van der Waals surface area contributed by atoms with Crippen LogP contribution in [0.2, 0.25) is 0 Å². The summed E-state index contributed by atoms with van der Waals surface area (Å²) in [6, 6.07) is 14.0. The number of hydrogen-bond acceptors (Lipinski definition) is 4. The number of nitrogens with one attached hydrogen (secondary N) is 1. The van der Waals surface area contributed by atoms with E-state index in [9.17, 15) is 13.2 Å². The number of hydrogen-bond donors (Lipinski definition) is 2. The van der Waals surface area contributed by atoms with Crippen LogP contribution in [0.4, 0.5) is 10.5 Å². The normalized spacial score (nSPS) is 10.8. The van der Waals surface area contributed by atoms with Gasteiger partial charge in [-0.2, -0.15) is 0 Å². The van der Waals surface area contributed by atoms with E-state index < -0.39 is 16.1 Å². The number of nitrogens with two attached hydrogens (primary N) is 1. The van der Waals surface area contributed by atoms with Crippen LogP contribution in [0, 0.1) is 0 Å². The number of rotatable bonds is 3. The van der Waals surface area contributed by atoms with E-state index in [1.165, 1.54) is 24.3 Å². The molecule has 7 heteroatoms. The summed E-state index contributed by atoms with van der Waals surface area (Å²) < 4.78 is 27.1. The number of ether oxygens (including phenoxy) is 1. The molecule has 20 heavy (non-hydrogen) atoms. The first kappa shape index (κ1) is 14.0. The molecule has 2 rings (SSSR count). The fraction of sp³-hybridized carbons (Fsp3) is 0. The quantitative estimate of drug-likeness (QED) is 0.903. The SMILES string of the molecule is NS(=O)(=O)c1ccc(OC(=O)Nc2ccccc2)cc1. The Kier molecular flexibility index (Phi) is 4.02. The smallest absolute Gasteiger partial charge is 0.410 e. The first-order valence-electron chi connectivity index (χ1n) is 5.62. The van der Waals surface area contributed by atoms with E-state index in [1.807, 2.05) is 6.07 Å². The molecule has 0 aliphatic rings. The molecule has 104 valence electrons. The predicted molar refractivity (Wildman–Crippen MR) is 73.9 cm³/mol. The second kappa shape index (κ2) is 5.72. The van der Waals surface area contributed by atoms with Gasteiger partial charge in [0.15, 0.2) is 0 Å². The molecule has 2 aromatic carbocycles. The Morgan fingerprint density at radius 3 is 2.15 bits per heavy atom. The van der Waals surface area contributed by atoms with Gasteiger partial charge in [-0.15, -0.1) is 0 Å². The molecule has 6 nitrogen and oxygen atoms in total. The van der Waals surface area contributed by atoms with Gasteiger partial charge in [0.2, 0.25) is 10.0 Å². The van der Waals surface area contributed by atoms with Crippen LogP contribution in [0.15, 0.2) is 59.5 Å². The number of primary sulfonamides is 1. The zero-order valence-electron chi connectivity index (χ0n) is 10.3. The lowest BCUT2D eigenvalue weighted by Gasteiger charge is -2.06. The summed E-state index contributed by atoms with van der Waals surface area (Å²) in [7, 11) is -3.75. The summed E-state index contributed by atoms with van der Waals surface area (Å²) in [5.41, 5.74) is 0.596. The van der Waals surface area contributed by atoms with Crippen molar-refractivity contribution in [2.45, 2.75) is 4.90 Å². The molecule has 2 aromatic rings. The molecule has 0 unspecified atom stereocenters. The van der Waals surface area contributed by atoms with E-state index in [4.69, 9.17) is 9.88 Å². The predicted octanol–water partition coefficient (Wildman–Crippen LogP) is 1.94. The van der Waals surface area contributed by atoms with Crippen LogP contribution in [0.25, 0.3) is 0 Å². The van der Waals surface area contributed by atoms with Crippen molar-refractivity contribution >= 4 is 21.8 Å². The third-order valence-electron chi connectivity index (χ3n) is 2.38. The Morgan fingerprint density at radius 2 is 1.60 bits per heavy atom. The van der Waals surface area contributed by atoms with Crippen LogP contribution in [0.1, 0.15) is 0 Å². The summed E-state index contributed by atoms with van der Waals surface area (Å²) in [4.78, 5) is 11.5.